The van der Waals surface area contributed by atoms with Gasteiger partial charge in [0.05, 0.1) is 38.8 Å². The lowest BCUT2D eigenvalue weighted by molar-refractivity contribution is 0.197. The maximum absolute atomic E-state index is 13.7. The SMILES string of the molecule is CCCCOP(=O)(Cc1c(Br)c(Br)c(CP(=O)(OCCCC)OCCCC)c(Br)c1Br)OCCCC. The van der Waals surface area contributed by atoms with Crippen molar-refractivity contribution in [3.8, 4) is 0 Å². The Kier molecular flexibility index (Phi) is 18.4. The van der Waals surface area contributed by atoms with Crippen LogP contribution in [0.2, 0.25) is 0 Å². The van der Waals surface area contributed by atoms with E-state index in [4.69, 9.17) is 18.1 Å². The van der Waals surface area contributed by atoms with Gasteiger partial charge in [-0.15, -0.1) is 0 Å². The molecule has 0 bridgehead atoms. The van der Waals surface area contributed by atoms with Crippen molar-refractivity contribution in [1.82, 2.24) is 0 Å². The van der Waals surface area contributed by atoms with Gasteiger partial charge in [0.15, 0.2) is 0 Å². The van der Waals surface area contributed by atoms with Crippen LogP contribution >= 0.6 is 78.9 Å². The summed E-state index contributed by atoms with van der Waals surface area (Å²) in [5.74, 6) is 0. The Bertz CT molecular complexity index is 772. The second kappa shape index (κ2) is 18.7. The van der Waals surface area contributed by atoms with Gasteiger partial charge in [-0.2, -0.15) is 0 Å². The highest BCUT2D eigenvalue weighted by Crippen LogP contribution is 2.58. The molecule has 0 spiro atoms. The lowest BCUT2D eigenvalue weighted by Gasteiger charge is -2.24. The van der Waals surface area contributed by atoms with E-state index in [0.717, 1.165) is 62.5 Å². The summed E-state index contributed by atoms with van der Waals surface area (Å²) < 4.78 is 53.3. The minimum atomic E-state index is -3.39. The van der Waals surface area contributed by atoms with Crippen LogP contribution in [-0.4, -0.2) is 26.4 Å². The van der Waals surface area contributed by atoms with Crippen LogP contribution in [0.15, 0.2) is 17.9 Å². The number of hydrogen-bond donors (Lipinski definition) is 0. The molecule has 0 heterocycles. The third-order valence-corrected chi connectivity index (χ3v) is 13.6. The molecule has 0 saturated carbocycles. The van der Waals surface area contributed by atoms with Gasteiger partial charge in [-0.3, -0.25) is 9.13 Å². The number of halogens is 4. The van der Waals surface area contributed by atoms with Gasteiger partial charge < -0.3 is 18.1 Å². The lowest BCUT2D eigenvalue weighted by Crippen LogP contribution is -2.06. The quantitative estimate of drug-likeness (QED) is 0.0743. The minimum absolute atomic E-state index is 0.0940. The topological polar surface area (TPSA) is 71.1 Å². The van der Waals surface area contributed by atoms with Crippen LogP contribution in [-0.2, 0) is 39.5 Å². The molecule has 0 N–H and O–H groups in total. The molecule has 0 fully saturated rings. The van der Waals surface area contributed by atoms with Crippen LogP contribution < -0.4 is 0 Å². The van der Waals surface area contributed by atoms with Crippen molar-refractivity contribution in [3.05, 3.63) is 29.0 Å². The first-order valence-corrected chi connectivity index (χ1v) is 19.3. The Balaban J connectivity index is 3.32. The molecular weight excluding hydrogens is 766 g/mol. The molecular formula is C24H40Br4O6P2. The summed E-state index contributed by atoms with van der Waals surface area (Å²) in [5, 5.41) is 0. The third-order valence-electron chi connectivity index (χ3n) is 5.29. The van der Waals surface area contributed by atoms with Gasteiger partial charge in [0.1, 0.15) is 0 Å². The Morgan fingerprint density at radius 1 is 0.500 bits per heavy atom. The van der Waals surface area contributed by atoms with Gasteiger partial charge >= 0.3 is 15.2 Å². The molecule has 0 amide bonds. The zero-order valence-electron chi connectivity index (χ0n) is 21.8. The van der Waals surface area contributed by atoms with Crippen molar-refractivity contribution in [2.24, 2.45) is 0 Å². The molecule has 0 aliphatic rings. The van der Waals surface area contributed by atoms with Crippen LogP contribution in [0, 0.1) is 0 Å². The predicted octanol–water partition coefficient (Wildman–Crippen LogP) is 11.4. The average Bonchev–Trinajstić information content (AvgIpc) is 2.84. The van der Waals surface area contributed by atoms with E-state index >= 15 is 0 Å². The van der Waals surface area contributed by atoms with Crippen molar-refractivity contribution < 1.29 is 27.2 Å². The fraction of sp³-hybridized carbons (Fsp3) is 0.750. The number of unbranched alkanes of at least 4 members (excludes halogenated alkanes) is 4. The molecule has 1 aromatic carbocycles. The van der Waals surface area contributed by atoms with Gasteiger partial charge in [0, 0.05) is 17.9 Å². The first kappa shape index (κ1) is 35.5. The highest BCUT2D eigenvalue weighted by molar-refractivity contribution is 9.14. The smallest absolute Gasteiger partial charge is 0.308 e. The first-order valence-electron chi connectivity index (χ1n) is 12.7. The Morgan fingerprint density at radius 2 is 0.722 bits per heavy atom. The van der Waals surface area contributed by atoms with E-state index in [0.29, 0.717) is 44.3 Å². The molecule has 1 rings (SSSR count). The maximum Gasteiger partial charge on any atom is 0.335 e. The normalized spacial score (nSPS) is 12.4. The molecule has 0 saturated heterocycles. The zero-order chi connectivity index (χ0) is 27.2. The molecule has 0 unspecified atom stereocenters. The Hall–Kier alpha value is 1.44. The van der Waals surface area contributed by atoms with Crippen molar-refractivity contribution in [1.29, 1.82) is 0 Å². The van der Waals surface area contributed by atoms with E-state index in [1.807, 2.05) is 0 Å². The van der Waals surface area contributed by atoms with Crippen molar-refractivity contribution >= 4 is 78.9 Å². The van der Waals surface area contributed by atoms with Gasteiger partial charge in [-0.05, 0) is 101 Å². The van der Waals surface area contributed by atoms with Crippen molar-refractivity contribution in [2.45, 2.75) is 91.4 Å². The van der Waals surface area contributed by atoms with E-state index in [1.54, 1.807) is 0 Å². The molecule has 0 radical (unpaired) electrons. The molecule has 0 aromatic heterocycles. The van der Waals surface area contributed by atoms with E-state index in [1.165, 1.54) is 0 Å². The van der Waals surface area contributed by atoms with Gasteiger partial charge in [-0.25, -0.2) is 0 Å². The summed E-state index contributed by atoms with van der Waals surface area (Å²) in [6, 6.07) is 0. The monoisotopic (exact) mass is 802 g/mol. The summed E-state index contributed by atoms with van der Waals surface area (Å²) in [6.45, 7) is 9.75. The summed E-state index contributed by atoms with van der Waals surface area (Å²) in [5.41, 5.74) is 1.48. The van der Waals surface area contributed by atoms with Gasteiger partial charge in [-0.1, -0.05) is 53.4 Å². The van der Waals surface area contributed by atoms with Crippen LogP contribution in [0.1, 0.15) is 90.2 Å². The molecule has 210 valence electrons. The first-order chi connectivity index (χ1) is 17.1. The van der Waals surface area contributed by atoms with Gasteiger partial charge in [0.2, 0.25) is 0 Å². The van der Waals surface area contributed by atoms with E-state index in [9.17, 15) is 9.13 Å². The molecule has 36 heavy (non-hydrogen) atoms. The zero-order valence-corrected chi connectivity index (χ0v) is 29.9. The Morgan fingerprint density at radius 3 is 0.917 bits per heavy atom. The van der Waals surface area contributed by atoms with Crippen LogP contribution in [0.5, 0.6) is 0 Å². The highest BCUT2D eigenvalue weighted by Gasteiger charge is 2.33. The van der Waals surface area contributed by atoms with Gasteiger partial charge in [0.25, 0.3) is 0 Å². The number of hydrogen-bond acceptors (Lipinski definition) is 6. The van der Waals surface area contributed by atoms with Crippen LogP contribution in [0.3, 0.4) is 0 Å². The van der Waals surface area contributed by atoms with Crippen LogP contribution in [0.4, 0.5) is 0 Å². The predicted molar refractivity (Wildman–Crippen MR) is 163 cm³/mol. The summed E-state index contributed by atoms with van der Waals surface area (Å²) in [4.78, 5) is 0. The van der Waals surface area contributed by atoms with Crippen molar-refractivity contribution in [3.63, 3.8) is 0 Å². The third kappa shape index (κ3) is 11.9. The lowest BCUT2D eigenvalue weighted by atomic mass is 10.2. The highest BCUT2D eigenvalue weighted by atomic mass is 79.9. The number of rotatable bonds is 20. The fourth-order valence-electron chi connectivity index (χ4n) is 3.04. The minimum Gasteiger partial charge on any atom is -0.308 e. The Labute approximate surface area is 251 Å². The van der Waals surface area contributed by atoms with E-state index in [-0.39, 0.29) is 12.3 Å². The average molecular weight is 806 g/mol. The van der Waals surface area contributed by atoms with Crippen molar-refractivity contribution in [2.75, 3.05) is 26.4 Å². The molecule has 0 aliphatic carbocycles. The molecule has 0 atom stereocenters. The second-order valence-corrected chi connectivity index (χ2v) is 15.8. The second-order valence-electron chi connectivity index (χ2n) is 8.50. The summed E-state index contributed by atoms with van der Waals surface area (Å²) >= 11 is 14.7. The van der Waals surface area contributed by atoms with Crippen LogP contribution in [0.25, 0.3) is 0 Å². The maximum atomic E-state index is 13.7. The molecule has 6 nitrogen and oxygen atoms in total. The molecule has 12 heteroatoms. The number of benzene rings is 1. The molecule has 0 aliphatic heterocycles. The summed E-state index contributed by atoms with van der Waals surface area (Å²) in [6.07, 6.45) is 7.17. The fourth-order valence-corrected chi connectivity index (χ4v) is 10.3. The van der Waals surface area contributed by atoms with E-state index in [2.05, 4.69) is 91.4 Å². The largest absolute Gasteiger partial charge is 0.335 e. The van der Waals surface area contributed by atoms with E-state index < -0.39 is 15.2 Å². The standard InChI is InChI=1S/C24H40Br4O6P2/c1-5-9-13-31-35(29,32-14-10-6-2)17-19-21(25)23(27)20(24(28)22(19)26)18-36(30,33-15-11-7-3)34-16-12-8-4/h5-18H2,1-4H3. The summed E-state index contributed by atoms with van der Waals surface area (Å²) in [7, 11) is -6.79. The molecule has 1 aromatic rings.